The first-order valence-corrected chi connectivity index (χ1v) is 4.19. The summed E-state index contributed by atoms with van der Waals surface area (Å²) in [7, 11) is 0. The number of hydrogen-bond donors (Lipinski definition) is 1. The molecule has 0 aliphatic carbocycles. The second kappa shape index (κ2) is 5.84. The van der Waals surface area contributed by atoms with Gasteiger partial charge in [0.1, 0.15) is 0 Å². The molecule has 0 atom stereocenters. The molecular formula is C10H11NSY-2. The normalized spacial score (nSPS) is 10.0. The first kappa shape index (κ1) is 13.2. The van der Waals surface area contributed by atoms with Crippen molar-refractivity contribution in [1.82, 2.24) is 5.32 Å². The number of thiocarbonyl (C=S) groups is 1. The zero-order valence-corrected chi connectivity index (χ0v) is 11.4. The topological polar surface area (TPSA) is 12.0 Å². The summed E-state index contributed by atoms with van der Waals surface area (Å²) in [5, 5.41) is 2.97. The summed E-state index contributed by atoms with van der Waals surface area (Å²) in [5.74, 6) is 0. The molecule has 1 rings (SSSR count). The molecule has 0 saturated carbocycles. The van der Waals surface area contributed by atoms with Gasteiger partial charge >= 0.3 is 0 Å². The van der Waals surface area contributed by atoms with Crippen LogP contribution >= 0.6 is 12.2 Å². The average Bonchev–Trinajstić information content (AvgIpc) is 2.06. The van der Waals surface area contributed by atoms with Crippen LogP contribution in [0.5, 0.6) is 0 Å². The number of nitrogens with one attached hydrogen (secondary N) is 1. The molecule has 0 fully saturated rings. The first-order chi connectivity index (χ1) is 5.67. The quantitative estimate of drug-likeness (QED) is 0.511. The van der Waals surface area contributed by atoms with Crippen molar-refractivity contribution in [2.24, 2.45) is 0 Å². The van der Waals surface area contributed by atoms with Gasteiger partial charge in [0.05, 0.1) is 0 Å². The van der Waals surface area contributed by atoms with Crippen molar-refractivity contribution in [3.05, 3.63) is 35.9 Å². The van der Waals surface area contributed by atoms with E-state index in [4.69, 9.17) is 0 Å². The van der Waals surface area contributed by atoms with Crippen molar-refractivity contribution in [1.29, 1.82) is 0 Å². The van der Waals surface area contributed by atoms with E-state index in [1.807, 2.05) is 38.1 Å². The van der Waals surface area contributed by atoms with Gasteiger partial charge in [0, 0.05) is 38.2 Å². The van der Waals surface area contributed by atoms with Gasteiger partial charge in [-0.15, -0.1) is 5.56 Å². The monoisotopic (exact) mass is 266 g/mol. The second-order valence-corrected chi connectivity index (χ2v) is 3.33. The second-order valence-electron chi connectivity index (χ2n) is 3.13. The third-order valence-electron chi connectivity index (χ3n) is 1.75. The van der Waals surface area contributed by atoms with Crippen molar-refractivity contribution in [3.8, 4) is 0 Å². The SMILES string of the molecule is CC(C)(N[C-]=S)c1[c-]cccc1.[Y]. The predicted octanol–water partition coefficient (Wildman–Crippen LogP) is 2.14. The van der Waals surface area contributed by atoms with Gasteiger partial charge in [-0.1, -0.05) is 0 Å². The van der Waals surface area contributed by atoms with E-state index in [1.54, 1.807) is 0 Å². The Morgan fingerprint density at radius 1 is 1.46 bits per heavy atom. The molecule has 3 heteroatoms. The Kier molecular flexibility index (Phi) is 5.94. The molecule has 1 radical (unpaired) electrons. The summed E-state index contributed by atoms with van der Waals surface area (Å²) < 4.78 is 0. The van der Waals surface area contributed by atoms with Gasteiger partial charge in [0.15, 0.2) is 0 Å². The zero-order valence-electron chi connectivity index (χ0n) is 7.79. The van der Waals surface area contributed by atoms with Crippen molar-refractivity contribution >= 4 is 17.7 Å². The Morgan fingerprint density at radius 3 is 2.62 bits per heavy atom. The van der Waals surface area contributed by atoms with Crippen LogP contribution in [0.2, 0.25) is 0 Å². The third kappa shape index (κ3) is 3.84. The fourth-order valence-electron chi connectivity index (χ4n) is 0.977. The molecule has 1 N–H and O–H groups in total. The van der Waals surface area contributed by atoms with E-state index in [9.17, 15) is 0 Å². The molecule has 1 nitrogen and oxygen atoms in total. The van der Waals surface area contributed by atoms with E-state index in [0.29, 0.717) is 0 Å². The third-order valence-corrected chi connectivity index (χ3v) is 1.85. The van der Waals surface area contributed by atoms with Crippen LogP contribution in [-0.2, 0) is 38.2 Å². The van der Waals surface area contributed by atoms with Gasteiger partial charge in [0.2, 0.25) is 0 Å². The Morgan fingerprint density at radius 2 is 2.15 bits per heavy atom. The Hall–Kier alpha value is 0.214. The summed E-state index contributed by atoms with van der Waals surface area (Å²) in [4.78, 5) is 0. The molecule has 0 saturated heterocycles. The molecule has 1 aromatic rings. The summed E-state index contributed by atoms with van der Waals surface area (Å²) in [6.07, 6.45) is 0. The molecule has 1 aromatic carbocycles. The van der Waals surface area contributed by atoms with E-state index >= 15 is 0 Å². The maximum atomic E-state index is 4.63. The van der Waals surface area contributed by atoms with Crippen molar-refractivity contribution in [2.75, 3.05) is 0 Å². The molecular weight excluding hydrogens is 255 g/mol. The maximum Gasteiger partial charge on any atom is 0.00442 e. The summed E-state index contributed by atoms with van der Waals surface area (Å²) >= 11 is 4.63. The summed E-state index contributed by atoms with van der Waals surface area (Å²) in [6.45, 7) is 4.08. The van der Waals surface area contributed by atoms with Crippen molar-refractivity contribution < 1.29 is 32.7 Å². The van der Waals surface area contributed by atoms with Gasteiger partial charge in [-0.2, -0.15) is 30.3 Å². The van der Waals surface area contributed by atoms with Gasteiger partial charge in [-0.05, 0) is 13.8 Å². The largest absolute Gasteiger partial charge is 0.551 e. The summed E-state index contributed by atoms with van der Waals surface area (Å²) in [6, 6.07) is 11.0. The minimum atomic E-state index is -0.178. The van der Waals surface area contributed by atoms with Crippen LogP contribution in [-0.4, -0.2) is 5.49 Å². The van der Waals surface area contributed by atoms with Crippen LogP contribution in [0.1, 0.15) is 19.4 Å². The van der Waals surface area contributed by atoms with Gasteiger partial charge in [-0.3, -0.25) is 0 Å². The standard InChI is InChI=1S/C10H11NS.Y/c1-10(2,11-8-12)9-6-4-3-5-7-9;/h3-6H,1-2H3,(H,11,12);/q-2;. The van der Waals surface area contributed by atoms with Crippen molar-refractivity contribution in [3.63, 3.8) is 0 Å². The number of hydrogen-bond acceptors (Lipinski definition) is 1. The molecule has 0 aromatic heterocycles. The molecule has 0 spiro atoms. The average molecular weight is 266 g/mol. The molecule has 0 aliphatic rings. The van der Waals surface area contributed by atoms with Crippen molar-refractivity contribution in [2.45, 2.75) is 19.4 Å². The molecule has 0 aliphatic heterocycles. The van der Waals surface area contributed by atoms with E-state index in [-0.39, 0.29) is 38.2 Å². The molecule has 0 heterocycles. The molecule has 67 valence electrons. The smallest absolute Gasteiger partial charge is 0.00442 e. The number of rotatable bonds is 3. The van der Waals surface area contributed by atoms with Gasteiger partial charge in [-0.25, -0.2) is 0 Å². The van der Waals surface area contributed by atoms with Crippen LogP contribution in [0.4, 0.5) is 0 Å². The maximum absolute atomic E-state index is 4.63. The first-order valence-electron chi connectivity index (χ1n) is 3.78. The summed E-state index contributed by atoms with van der Waals surface area (Å²) in [5.41, 5.74) is 3.43. The van der Waals surface area contributed by atoms with Gasteiger partial charge in [0.25, 0.3) is 0 Å². The molecule has 0 bridgehead atoms. The molecule has 0 amide bonds. The predicted molar refractivity (Wildman–Crippen MR) is 54.0 cm³/mol. The van der Waals surface area contributed by atoms with Gasteiger partial charge < -0.3 is 23.0 Å². The van der Waals surface area contributed by atoms with E-state index in [0.717, 1.165) is 5.56 Å². The minimum Gasteiger partial charge on any atom is -0.551 e. The van der Waals surface area contributed by atoms with Crippen LogP contribution in [0.3, 0.4) is 0 Å². The van der Waals surface area contributed by atoms with Crippen LogP contribution < -0.4 is 5.32 Å². The van der Waals surface area contributed by atoms with Crippen LogP contribution in [0.25, 0.3) is 0 Å². The Balaban J connectivity index is 0.00000144. The fraction of sp³-hybridized carbons (Fsp3) is 0.300. The number of benzene rings is 1. The fourth-order valence-corrected chi connectivity index (χ4v) is 1.23. The van der Waals surface area contributed by atoms with Crippen LogP contribution in [0, 0.1) is 6.07 Å². The molecule has 13 heavy (non-hydrogen) atoms. The van der Waals surface area contributed by atoms with Crippen LogP contribution in [0.15, 0.2) is 24.3 Å². The van der Waals surface area contributed by atoms with E-state index < -0.39 is 0 Å². The zero-order chi connectivity index (χ0) is 9.03. The Bertz CT molecular complexity index is 259. The molecule has 0 unspecified atom stereocenters. The van der Waals surface area contributed by atoms with E-state index in [2.05, 4.69) is 29.1 Å². The van der Waals surface area contributed by atoms with E-state index in [1.165, 1.54) is 0 Å². The Labute approximate surface area is 110 Å². The minimum absolute atomic E-state index is 0.